The molecule has 0 radical (unpaired) electrons. The summed E-state index contributed by atoms with van der Waals surface area (Å²) < 4.78 is 16.1. The van der Waals surface area contributed by atoms with Crippen molar-refractivity contribution in [3.8, 4) is 50.8 Å². The largest absolute Gasteiger partial charge is 0.455 e. The van der Waals surface area contributed by atoms with Gasteiger partial charge in [-0.05, 0) is 47.0 Å². The summed E-state index contributed by atoms with van der Waals surface area (Å²) in [6.07, 6.45) is 0. The van der Waals surface area contributed by atoms with Gasteiger partial charge in [-0.3, -0.25) is 0 Å². The Bertz CT molecular complexity index is 5080. The molecule has 7 heteroatoms. The molecule has 5 aromatic heterocycles. The van der Waals surface area contributed by atoms with Gasteiger partial charge >= 0.3 is 0 Å². The van der Waals surface area contributed by atoms with Gasteiger partial charge in [0.2, 0.25) is 5.69 Å². The predicted molar refractivity (Wildman–Crippen MR) is 315 cm³/mol. The zero-order chi connectivity index (χ0) is 49.5. The van der Waals surface area contributed by atoms with E-state index in [2.05, 4.69) is 190 Å². The summed E-state index contributed by atoms with van der Waals surface area (Å²) in [4.78, 5) is 4.62. The molecule has 11 aromatic carbocycles. The summed E-state index contributed by atoms with van der Waals surface area (Å²) in [7, 11) is 0. The molecule has 0 spiro atoms. The smallest absolute Gasteiger partial charge is 0.220 e. The molecular formula is C68H36N4OS2. The molecule has 0 aliphatic rings. The van der Waals surface area contributed by atoms with Crippen molar-refractivity contribution in [1.29, 1.82) is 5.26 Å². The first-order valence-electron chi connectivity index (χ1n) is 24.9. The van der Waals surface area contributed by atoms with Gasteiger partial charge in [0.15, 0.2) is 0 Å². The Hall–Kier alpha value is -9.76. The van der Waals surface area contributed by atoms with Gasteiger partial charge in [-0.2, -0.15) is 5.26 Å². The molecule has 75 heavy (non-hydrogen) atoms. The van der Waals surface area contributed by atoms with E-state index < -0.39 is 0 Å². The van der Waals surface area contributed by atoms with E-state index in [1.807, 2.05) is 48.5 Å². The molecule has 0 aliphatic heterocycles. The van der Waals surface area contributed by atoms with Crippen LogP contribution in [0.15, 0.2) is 223 Å². The van der Waals surface area contributed by atoms with Crippen molar-refractivity contribution in [2.75, 3.05) is 0 Å². The van der Waals surface area contributed by atoms with Gasteiger partial charge in [-0.25, -0.2) is 4.85 Å². The Labute approximate surface area is 436 Å². The Kier molecular flexibility index (Phi) is 8.85. The molecule has 16 rings (SSSR count). The third-order valence-electron chi connectivity index (χ3n) is 15.4. The lowest BCUT2D eigenvalue weighted by Crippen LogP contribution is -2.09. The van der Waals surface area contributed by atoms with Gasteiger partial charge in [0, 0.05) is 80.0 Å². The molecule has 0 saturated carbocycles. The fourth-order valence-corrected chi connectivity index (χ4v) is 14.7. The minimum atomic E-state index is 0.396. The highest BCUT2D eigenvalue weighted by Crippen LogP contribution is 2.55. The highest BCUT2D eigenvalue weighted by atomic mass is 32.1. The molecule has 0 amide bonds. The third kappa shape index (κ3) is 5.79. The van der Waals surface area contributed by atoms with Crippen molar-refractivity contribution in [2.24, 2.45) is 0 Å². The van der Waals surface area contributed by atoms with E-state index in [0.29, 0.717) is 22.5 Å². The van der Waals surface area contributed by atoms with E-state index >= 15 is 0 Å². The van der Waals surface area contributed by atoms with Crippen LogP contribution in [0.25, 0.3) is 155 Å². The quantitative estimate of drug-likeness (QED) is 0.161. The minimum absolute atomic E-state index is 0.396. The number of hydrogen-bond acceptors (Lipinski definition) is 4. The van der Waals surface area contributed by atoms with Crippen LogP contribution in [0, 0.1) is 17.9 Å². The highest BCUT2D eigenvalue weighted by molar-refractivity contribution is 7.27. The van der Waals surface area contributed by atoms with Crippen molar-refractivity contribution in [2.45, 2.75) is 0 Å². The van der Waals surface area contributed by atoms with E-state index in [1.54, 1.807) is 22.7 Å². The number of para-hydroxylation sites is 3. The maximum atomic E-state index is 12.2. The Morgan fingerprint density at radius 3 is 1.61 bits per heavy atom. The average Bonchev–Trinajstić information content (AvgIpc) is 4.43. The van der Waals surface area contributed by atoms with Crippen molar-refractivity contribution < 1.29 is 4.42 Å². The molecule has 0 aliphatic carbocycles. The number of nitrogens with zero attached hydrogens (tertiary/aromatic N) is 4. The molecule has 5 nitrogen and oxygen atoms in total. The average molecular weight is 989 g/mol. The van der Waals surface area contributed by atoms with E-state index in [0.717, 1.165) is 119 Å². The van der Waals surface area contributed by atoms with Gasteiger partial charge in [0.1, 0.15) is 17.2 Å². The lowest BCUT2D eigenvalue weighted by molar-refractivity contribution is 0.670. The normalized spacial score (nSPS) is 12.0. The van der Waals surface area contributed by atoms with Crippen LogP contribution in [0.4, 0.5) is 5.69 Å². The summed E-state index contributed by atoms with van der Waals surface area (Å²) in [5.74, 6) is 0. The summed E-state index contributed by atoms with van der Waals surface area (Å²) in [5.41, 5.74) is 12.9. The van der Waals surface area contributed by atoms with Gasteiger partial charge in [0.25, 0.3) is 0 Å². The maximum Gasteiger partial charge on any atom is 0.220 e. The molecule has 0 N–H and O–H groups in total. The van der Waals surface area contributed by atoms with Crippen LogP contribution < -0.4 is 0 Å². The zero-order valence-corrected chi connectivity index (χ0v) is 41.4. The summed E-state index contributed by atoms with van der Waals surface area (Å²) in [6.45, 7) is 9.48. The van der Waals surface area contributed by atoms with Gasteiger partial charge < -0.3 is 13.6 Å². The van der Waals surface area contributed by atoms with Crippen LogP contribution in [0.3, 0.4) is 0 Å². The first-order valence-corrected chi connectivity index (χ1v) is 26.6. The molecule has 346 valence electrons. The van der Waals surface area contributed by atoms with Gasteiger partial charge in [-0.1, -0.05) is 188 Å². The van der Waals surface area contributed by atoms with Crippen LogP contribution in [0.2, 0.25) is 0 Å². The number of rotatable bonds is 5. The van der Waals surface area contributed by atoms with Crippen molar-refractivity contribution >= 4 is 134 Å². The molecular weight excluding hydrogens is 953 g/mol. The number of nitriles is 1. The number of thiophene rings is 2. The Balaban J connectivity index is 1.16. The van der Waals surface area contributed by atoms with Crippen LogP contribution in [-0.2, 0) is 0 Å². The summed E-state index contributed by atoms with van der Waals surface area (Å²) in [6, 6.07) is 79.6. The second kappa shape index (κ2) is 15.9. The van der Waals surface area contributed by atoms with E-state index in [-0.39, 0.29) is 0 Å². The lowest BCUT2D eigenvalue weighted by atomic mass is 9.88. The third-order valence-corrected chi connectivity index (χ3v) is 17.8. The van der Waals surface area contributed by atoms with Gasteiger partial charge in [0.05, 0.1) is 55.0 Å². The van der Waals surface area contributed by atoms with Crippen molar-refractivity contribution in [3.05, 3.63) is 235 Å². The molecule has 0 saturated heterocycles. The molecule has 0 unspecified atom stereocenters. The number of aromatic nitrogens is 2. The standard InChI is InChI=1S/C68H36N4OS2/c1-70-61-59(39-17-4-2-5-18-39)53(38-69)62(72-63-48(33-35-51-46-23-10-14-29-57(46)74-67(51)63)49-34-36-52-47-24-11-15-30-58(47)75-68(52)64(49)72)60(40-19-6-3-7-20-40)65(61)71-54-27-12-8-21-43(54)44-32-31-41(37-55(44)71)42-25-16-26-50-45-22-9-13-28-56(45)73-66(42)50/h2-37H. The molecule has 16 aromatic rings. The van der Waals surface area contributed by atoms with E-state index in [9.17, 15) is 11.8 Å². The second-order valence-electron chi connectivity index (χ2n) is 19.2. The molecule has 0 bridgehead atoms. The first kappa shape index (κ1) is 41.8. The molecule has 5 heterocycles. The zero-order valence-electron chi connectivity index (χ0n) is 39.8. The second-order valence-corrected chi connectivity index (χ2v) is 21.3. The highest BCUT2D eigenvalue weighted by Gasteiger charge is 2.33. The lowest BCUT2D eigenvalue weighted by Gasteiger charge is -2.26. The van der Waals surface area contributed by atoms with Crippen LogP contribution >= 0.6 is 22.7 Å². The summed E-state index contributed by atoms with van der Waals surface area (Å²) in [5, 5.41) is 23.4. The van der Waals surface area contributed by atoms with Crippen molar-refractivity contribution in [3.63, 3.8) is 0 Å². The molecule has 0 atom stereocenters. The maximum absolute atomic E-state index is 12.2. The topological polar surface area (TPSA) is 51.1 Å². The predicted octanol–water partition coefficient (Wildman–Crippen LogP) is 19.9. The number of furan rings is 1. The number of benzene rings is 11. The van der Waals surface area contributed by atoms with Crippen LogP contribution in [0.1, 0.15) is 5.56 Å². The minimum Gasteiger partial charge on any atom is -0.455 e. The Morgan fingerprint density at radius 1 is 0.427 bits per heavy atom. The SMILES string of the molecule is [C-]#[N+]c1c(-c2ccccc2)c(C#N)c(-n2c3c(ccc4c5ccccc5sc43)c3ccc4c5ccccc5sc4c32)c(-c2ccccc2)c1-n1c2ccccc2c2ccc(-c3cccc4c3oc3ccccc34)cc21. The van der Waals surface area contributed by atoms with Crippen LogP contribution in [-0.4, -0.2) is 9.13 Å². The van der Waals surface area contributed by atoms with Crippen molar-refractivity contribution in [1.82, 2.24) is 9.13 Å². The first-order chi connectivity index (χ1) is 37.2. The van der Waals surface area contributed by atoms with E-state index in [1.165, 1.54) is 20.2 Å². The number of hydrogen-bond donors (Lipinski definition) is 0. The number of fused-ring (bicyclic) bond motifs is 17. The fraction of sp³-hybridized carbons (Fsp3) is 0. The fourth-order valence-electron chi connectivity index (χ4n) is 12.3. The van der Waals surface area contributed by atoms with Gasteiger partial charge in [-0.15, -0.1) is 22.7 Å². The summed E-state index contributed by atoms with van der Waals surface area (Å²) >= 11 is 3.59. The molecule has 0 fully saturated rings. The van der Waals surface area contributed by atoms with Crippen LogP contribution in [0.5, 0.6) is 0 Å². The monoisotopic (exact) mass is 988 g/mol. The Morgan fingerprint density at radius 2 is 0.960 bits per heavy atom. The van der Waals surface area contributed by atoms with E-state index in [4.69, 9.17) is 4.42 Å².